The van der Waals surface area contributed by atoms with Gasteiger partial charge in [-0.1, -0.05) is 23.7 Å². The highest BCUT2D eigenvalue weighted by atomic mass is 35.5. The summed E-state index contributed by atoms with van der Waals surface area (Å²) in [6, 6.07) is 11.9. The molecule has 0 bridgehead atoms. The van der Waals surface area contributed by atoms with Crippen molar-refractivity contribution in [2.24, 2.45) is 0 Å². The fraction of sp³-hybridized carbons (Fsp3) is 0.188. The third kappa shape index (κ3) is 3.65. The van der Waals surface area contributed by atoms with Crippen LogP contribution in [0, 0.1) is 12.7 Å². The van der Waals surface area contributed by atoms with Crippen molar-refractivity contribution in [3.63, 3.8) is 0 Å². The highest BCUT2D eigenvalue weighted by Crippen LogP contribution is 2.14. The molecule has 0 saturated heterocycles. The van der Waals surface area contributed by atoms with Crippen LogP contribution in [-0.2, 0) is 6.42 Å². The van der Waals surface area contributed by atoms with Gasteiger partial charge in [-0.2, -0.15) is 0 Å². The summed E-state index contributed by atoms with van der Waals surface area (Å²) < 4.78 is 13.1. The van der Waals surface area contributed by atoms with Crippen molar-refractivity contribution in [2.75, 3.05) is 0 Å². The largest absolute Gasteiger partial charge is 0.294 e. The summed E-state index contributed by atoms with van der Waals surface area (Å²) in [7, 11) is 0. The van der Waals surface area contributed by atoms with Crippen LogP contribution >= 0.6 is 11.6 Å². The van der Waals surface area contributed by atoms with Gasteiger partial charge in [0.05, 0.1) is 0 Å². The number of hydrogen-bond donors (Lipinski definition) is 0. The van der Waals surface area contributed by atoms with E-state index in [-0.39, 0.29) is 11.6 Å². The average Bonchev–Trinajstić information content (AvgIpc) is 2.41. The third-order valence-corrected chi connectivity index (χ3v) is 3.29. The fourth-order valence-corrected chi connectivity index (χ4v) is 2.00. The first-order chi connectivity index (χ1) is 9.06. The van der Waals surface area contributed by atoms with Crippen LogP contribution in [0.2, 0.25) is 5.02 Å². The minimum atomic E-state index is -0.283. The van der Waals surface area contributed by atoms with Gasteiger partial charge in [0.2, 0.25) is 0 Å². The molecule has 2 aromatic rings. The van der Waals surface area contributed by atoms with Crippen molar-refractivity contribution in [3.05, 3.63) is 70.0 Å². The Hall–Kier alpha value is -1.67. The molecular formula is C16H14ClFO. The summed E-state index contributed by atoms with van der Waals surface area (Å²) in [6.45, 7) is 1.66. The molecule has 0 fully saturated rings. The predicted octanol–water partition coefficient (Wildman–Crippen LogP) is 4.60. The second kappa shape index (κ2) is 5.98. The topological polar surface area (TPSA) is 17.1 Å². The molecule has 0 N–H and O–H groups in total. The second-order valence-corrected chi connectivity index (χ2v) is 4.95. The third-order valence-electron chi connectivity index (χ3n) is 3.03. The van der Waals surface area contributed by atoms with Crippen molar-refractivity contribution in [1.29, 1.82) is 0 Å². The number of rotatable bonds is 4. The Labute approximate surface area is 117 Å². The van der Waals surface area contributed by atoms with Gasteiger partial charge in [-0.15, -0.1) is 0 Å². The molecule has 19 heavy (non-hydrogen) atoms. The van der Waals surface area contributed by atoms with Gasteiger partial charge in [-0.3, -0.25) is 4.79 Å². The van der Waals surface area contributed by atoms with Crippen molar-refractivity contribution >= 4 is 17.4 Å². The molecule has 0 aliphatic carbocycles. The van der Waals surface area contributed by atoms with Gasteiger partial charge in [0.25, 0.3) is 0 Å². The summed E-state index contributed by atoms with van der Waals surface area (Å²) in [4.78, 5) is 12.0. The Bertz CT molecular complexity index is 590. The van der Waals surface area contributed by atoms with Gasteiger partial charge < -0.3 is 0 Å². The normalized spacial score (nSPS) is 10.5. The Morgan fingerprint density at radius 1 is 1.16 bits per heavy atom. The summed E-state index contributed by atoms with van der Waals surface area (Å²) in [5, 5.41) is 0.684. The van der Waals surface area contributed by atoms with E-state index in [1.165, 1.54) is 12.1 Å². The number of hydrogen-bond acceptors (Lipinski definition) is 1. The molecule has 2 aromatic carbocycles. The highest BCUT2D eigenvalue weighted by Gasteiger charge is 2.08. The van der Waals surface area contributed by atoms with Gasteiger partial charge in [-0.05, 0) is 54.8 Å². The molecule has 2 rings (SSSR count). The van der Waals surface area contributed by atoms with Crippen LogP contribution in [-0.4, -0.2) is 5.78 Å². The van der Waals surface area contributed by atoms with E-state index >= 15 is 0 Å². The maximum atomic E-state index is 13.1. The number of halogens is 2. The molecule has 0 spiro atoms. The molecule has 0 aliphatic heterocycles. The smallest absolute Gasteiger partial charge is 0.163 e. The zero-order valence-corrected chi connectivity index (χ0v) is 11.4. The Kier molecular flexibility index (Phi) is 4.33. The standard InChI is InChI=1S/C16H14ClFO/c1-11-10-13(5-8-15(11)18)16(19)9-4-12-2-6-14(17)7-3-12/h2-3,5-8,10H,4,9H2,1H3. The SMILES string of the molecule is Cc1cc(C(=O)CCc2ccc(Cl)cc2)ccc1F. The fourth-order valence-electron chi connectivity index (χ4n) is 1.87. The number of ketones is 1. The lowest BCUT2D eigenvalue weighted by atomic mass is 10.0. The van der Waals surface area contributed by atoms with E-state index in [4.69, 9.17) is 11.6 Å². The van der Waals surface area contributed by atoms with E-state index in [1.807, 2.05) is 24.3 Å². The monoisotopic (exact) mass is 276 g/mol. The second-order valence-electron chi connectivity index (χ2n) is 4.51. The van der Waals surface area contributed by atoms with E-state index in [2.05, 4.69) is 0 Å². The summed E-state index contributed by atoms with van der Waals surface area (Å²) in [5.74, 6) is -0.257. The molecule has 0 amide bonds. The molecule has 0 radical (unpaired) electrons. The molecule has 0 atom stereocenters. The number of carbonyl (C=O) groups excluding carboxylic acids is 1. The van der Waals surface area contributed by atoms with Gasteiger partial charge in [-0.25, -0.2) is 4.39 Å². The van der Waals surface area contributed by atoms with Crippen LogP contribution in [0.15, 0.2) is 42.5 Å². The number of aryl methyl sites for hydroxylation is 2. The molecule has 98 valence electrons. The molecule has 0 aliphatic rings. The van der Waals surface area contributed by atoms with Crippen molar-refractivity contribution in [1.82, 2.24) is 0 Å². The van der Waals surface area contributed by atoms with E-state index in [9.17, 15) is 9.18 Å². The maximum absolute atomic E-state index is 13.1. The van der Waals surface area contributed by atoms with Crippen molar-refractivity contribution in [3.8, 4) is 0 Å². The first kappa shape index (κ1) is 13.8. The minimum absolute atomic E-state index is 0.0260. The molecule has 0 saturated carbocycles. The molecule has 0 unspecified atom stereocenters. The molecule has 0 heterocycles. The summed E-state index contributed by atoms with van der Waals surface area (Å²) in [6.07, 6.45) is 1.07. The van der Waals surface area contributed by atoms with Crippen LogP contribution < -0.4 is 0 Å². The maximum Gasteiger partial charge on any atom is 0.163 e. The van der Waals surface area contributed by atoms with Crippen LogP contribution in [0.4, 0.5) is 4.39 Å². The zero-order valence-electron chi connectivity index (χ0n) is 10.6. The van der Waals surface area contributed by atoms with Gasteiger partial charge in [0, 0.05) is 17.0 Å². The van der Waals surface area contributed by atoms with Crippen LogP contribution in [0.1, 0.15) is 27.9 Å². The van der Waals surface area contributed by atoms with Crippen molar-refractivity contribution in [2.45, 2.75) is 19.8 Å². The van der Waals surface area contributed by atoms with E-state index in [1.54, 1.807) is 13.0 Å². The van der Waals surface area contributed by atoms with E-state index in [0.29, 0.717) is 29.0 Å². The Balaban J connectivity index is 2.01. The van der Waals surface area contributed by atoms with E-state index < -0.39 is 0 Å². The predicted molar refractivity (Wildman–Crippen MR) is 75.2 cm³/mol. The van der Waals surface area contributed by atoms with Gasteiger partial charge >= 0.3 is 0 Å². The average molecular weight is 277 g/mol. The molecule has 3 heteroatoms. The van der Waals surface area contributed by atoms with Crippen LogP contribution in [0.5, 0.6) is 0 Å². The molecular weight excluding hydrogens is 263 g/mol. The van der Waals surface area contributed by atoms with Gasteiger partial charge in [0.1, 0.15) is 5.82 Å². The summed E-state index contributed by atoms with van der Waals surface area (Å²) in [5.41, 5.74) is 2.13. The van der Waals surface area contributed by atoms with Crippen LogP contribution in [0.3, 0.4) is 0 Å². The Morgan fingerprint density at radius 3 is 2.47 bits per heavy atom. The number of Topliss-reactive ketones (excluding diaryl/α,β-unsaturated/α-hetero) is 1. The first-order valence-electron chi connectivity index (χ1n) is 6.10. The molecule has 1 nitrogen and oxygen atoms in total. The zero-order chi connectivity index (χ0) is 13.8. The molecule has 0 aromatic heterocycles. The van der Waals surface area contributed by atoms with Crippen LogP contribution in [0.25, 0.3) is 0 Å². The lowest BCUT2D eigenvalue weighted by molar-refractivity contribution is 0.0982. The first-order valence-corrected chi connectivity index (χ1v) is 6.48. The summed E-state index contributed by atoms with van der Waals surface area (Å²) >= 11 is 5.80. The number of carbonyl (C=O) groups is 1. The Morgan fingerprint density at radius 2 is 1.84 bits per heavy atom. The van der Waals surface area contributed by atoms with Crippen molar-refractivity contribution < 1.29 is 9.18 Å². The highest BCUT2D eigenvalue weighted by molar-refractivity contribution is 6.30. The quantitative estimate of drug-likeness (QED) is 0.746. The van der Waals surface area contributed by atoms with Gasteiger partial charge in [0.15, 0.2) is 5.78 Å². The van der Waals surface area contributed by atoms with E-state index in [0.717, 1.165) is 5.56 Å². The lowest BCUT2D eigenvalue weighted by Gasteiger charge is -2.04. The lowest BCUT2D eigenvalue weighted by Crippen LogP contribution is -2.02. The minimum Gasteiger partial charge on any atom is -0.294 e. The number of benzene rings is 2.